The number of hydrogen-bond acceptors (Lipinski definition) is 2. The van der Waals surface area contributed by atoms with Crippen molar-refractivity contribution in [3.05, 3.63) is 0 Å². The molecule has 1 atom stereocenters. The van der Waals surface area contributed by atoms with Crippen molar-refractivity contribution < 1.29 is 4.74 Å². The highest BCUT2D eigenvalue weighted by atomic mass is 79.9. The quantitative estimate of drug-likeness (QED) is 0.673. The lowest BCUT2D eigenvalue weighted by molar-refractivity contribution is 0.0974. The zero-order chi connectivity index (χ0) is 10.5. The van der Waals surface area contributed by atoms with Gasteiger partial charge in [0, 0.05) is 30.6 Å². The van der Waals surface area contributed by atoms with Gasteiger partial charge in [0.25, 0.3) is 0 Å². The average Bonchev–Trinajstić information content (AvgIpc) is 2.12. The molecule has 0 rings (SSSR count). The van der Waals surface area contributed by atoms with E-state index < -0.39 is 0 Å². The number of hydrogen-bond donors (Lipinski definition) is 0. The molecule has 3 heteroatoms. The summed E-state index contributed by atoms with van der Waals surface area (Å²) < 4.78 is 5.07. The number of nitrogens with zero attached hydrogens (tertiary/aromatic N) is 1. The summed E-state index contributed by atoms with van der Waals surface area (Å²) in [4.78, 5) is 2.39. The van der Waals surface area contributed by atoms with E-state index in [9.17, 15) is 0 Å². The van der Waals surface area contributed by atoms with Crippen LogP contribution in [0.5, 0.6) is 0 Å². The van der Waals surface area contributed by atoms with Crippen molar-refractivity contribution in [2.24, 2.45) is 0 Å². The molecule has 0 aliphatic rings. The van der Waals surface area contributed by atoms with Crippen LogP contribution in [0.1, 0.15) is 27.2 Å². The molecule has 0 bridgehead atoms. The highest BCUT2D eigenvalue weighted by Crippen LogP contribution is 2.19. The molecule has 0 fully saturated rings. The third kappa shape index (κ3) is 4.43. The van der Waals surface area contributed by atoms with E-state index in [1.54, 1.807) is 7.11 Å². The van der Waals surface area contributed by atoms with Crippen LogP contribution >= 0.6 is 15.9 Å². The normalized spacial score (nSPS) is 15.0. The van der Waals surface area contributed by atoms with E-state index in [-0.39, 0.29) is 5.54 Å². The Balaban J connectivity index is 4.00. The van der Waals surface area contributed by atoms with Crippen molar-refractivity contribution in [1.82, 2.24) is 4.90 Å². The first-order chi connectivity index (χ1) is 5.95. The Morgan fingerprint density at radius 3 is 2.38 bits per heavy atom. The Hall–Kier alpha value is 0.400. The van der Waals surface area contributed by atoms with Crippen molar-refractivity contribution in [3.63, 3.8) is 0 Å². The topological polar surface area (TPSA) is 12.5 Å². The van der Waals surface area contributed by atoms with Crippen molar-refractivity contribution >= 4 is 15.9 Å². The summed E-state index contributed by atoms with van der Waals surface area (Å²) in [6.45, 7) is 7.56. The Morgan fingerprint density at radius 2 is 2.00 bits per heavy atom. The van der Waals surface area contributed by atoms with Crippen LogP contribution in [-0.2, 0) is 4.74 Å². The van der Waals surface area contributed by atoms with Gasteiger partial charge in [-0.05, 0) is 34.2 Å². The third-order valence-corrected chi connectivity index (χ3v) is 4.05. The lowest BCUT2D eigenvalue weighted by Crippen LogP contribution is -2.47. The molecule has 1 unspecified atom stereocenters. The van der Waals surface area contributed by atoms with E-state index in [4.69, 9.17) is 4.74 Å². The molecule has 13 heavy (non-hydrogen) atoms. The molecule has 0 saturated carbocycles. The summed E-state index contributed by atoms with van der Waals surface area (Å²) in [6.07, 6.45) is 1.09. The minimum Gasteiger partial charge on any atom is -0.385 e. The average molecular weight is 252 g/mol. The predicted molar refractivity (Wildman–Crippen MR) is 61.6 cm³/mol. The summed E-state index contributed by atoms with van der Waals surface area (Å²) in [5.74, 6) is 0. The minimum absolute atomic E-state index is 0.215. The number of halogens is 1. The highest BCUT2D eigenvalue weighted by Gasteiger charge is 2.25. The Morgan fingerprint density at radius 1 is 1.46 bits per heavy atom. The van der Waals surface area contributed by atoms with Gasteiger partial charge >= 0.3 is 0 Å². The molecular weight excluding hydrogens is 230 g/mol. The fraction of sp³-hybridized carbons (Fsp3) is 1.00. The molecule has 80 valence electrons. The maximum atomic E-state index is 5.07. The molecule has 0 aromatic carbocycles. The molecule has 0 radical (unpaired) electrons. The number of alkyl halides is 1. The molecule has 0 N–H and O–H groups in total. The molecule has 0 amide bonds. The number of rotatable bonds is 6. The molecule has 0 aromatic heterocycles. The minimum atomic E-state index is 0.215. The van der Waals surface area contributed by atoms with Crippen LogP contribution in [0.3, 0.4) is 0 Å². The van der Waals surface area contributed by atoms with E-state index >= 15 is 0 Å². The first-order valence-corrected chi connectivity index (χ1v) is 5.85. The first kappa shape index (κ1) is 13.4. The van der Waals surface area contributed by atoms with Gasteiger partial charge in [-0.25, -0.2) is 0 Å². The largest absolute Gasteiger partial charge is 0.385 e. The Kier molecular flexibility index (Phi) is 6.18. The maximum absolute atomic E-state index is 5.07. The van der Waals surface area contributed by atoms with Gasteiger partial charge in [0.2, 0.25) is 0 Å². The first-order valence-electron chi connectivity index (χ1n) is 4.73. The van der Waals surface area contributed by atoms with Crippen LogP contribution in [0.4, 0.5) is 0 Å². The number of methoxy groups -OCH3 is 1. The molecule has 0 aliphatic heterocycles. The third-order valence-electron chi connectivity index (χ3n) is 2.68. The zero-order valence-electron chi connectivity index (χ0n) is 9.43. The lowest BCUT2D eigenvalue weighted by atomic mass is 10.0. The van der Waals surface area contributed by atoms with E-state index in [2.05, 4.69) is 48.6 Å². The van der Waals surface area contributed by atoms with Crippen molar-refractivity contribution in [3.8, 4) is 0 Å². The molecule has 2 nitrogen and oxygen atoms in total. The molecular formula is C10H22BrNO. The van der Waals surface area contributed by atoms with Crippen LogP contribution in [-0.4, -0.2) is 42.6 Å². The van der Waals surface area contributed by atoms with Gasteiger partial charge < -0.3 is 4.74 Å². The van der Waals surface area contributed by atoms with Gasteiger partial charge in [-0.1, -0.05) is 15.9 Å². The molecule has 0 saturated heterocycles. The summed E-state index contributed by atoms with van der Waals surface area (Å²) in [7, 11) is 3.92. The van der Waals surface area contributed by atoms with Crippen LogP contribution in [0, 0.1) is 0 Å². The number of ether oxygens (including phenoxy) is 1. The fourth-order valence-corrected chi connectivity index (χ4v) is 1.57. The molecule has 0 aromatic rings. The standard InChI is InChI=1S/C10H22BrNO/c1-9(6-7-13-5)12(4)10(2,3)8-11/h9H,6-8H2,1-5H3. The molecule has 0 heterocycles. The summed E-state index contributed by atoms with van der Waals surface area (Å²) >= 11 is 3.54. The molecule has 0 spiro atoms. The van der Waals surface area contributed by atoms with Crippen LogP contribution in [0.15, 0.2) is 0 Å². The molecule has 0 aliphatic carbocycles. The van der Waals surface area contributed by atoms with E-state index in [1.807, 2.05) is 0 Å². The summed E-state index contributed by atoms with van der Waals surface area (Å²) in [5, 5.41) is 0.994. The second-order valence-corrected chi connectivity index (χ2v) is 4.75. The van der Waals surface area contributed by atoms with Crippen molar-refractivity contribution in [2.45, 2.75) is 38.8 Å². The van der Waals surface area contributed by atoms with Gasteiger partial charge in [0.15, 0.2) is 0 Å². The van der Waals surface area contributed by atoms with Gasteiger partial charge in [-0.3, -0.25) is 4.90 Å². The predicted octanol–water partition coefficient (Wildman–Crippen LogP) is 2.52. The van der Waals surface area contributed by atoms with Crippen LogP contribution in [0.2, 0.25) is 0 Å². The lowest BCUT2D eigenvalue weighted by Gasteiger charge is -2.38. The van der Waals surface area contributed by atoms with Crippen LogP contribution < -0.4 is 0 Å². The van der Waals surface area contributed by atoms with E-state index in [0.29, 0.717) is 6.04 Å². The van der Waals surface area contributed by atoms with E-state index in [0.717, 1.165) is 18.4 Å². The Labute approximate surface area is 90.8 Å². The van der Waals surface area contributed by atoms with Gasteiger partial charge in [-0.15, -0.1) is 0 Å². The Bertz CT molecular complexity index is 139. The summed E-state index contributed by atoms with van der Waals surface area (Å²) in [5.41, 5.74) is 0.215. The van der Waals surface area contributed by atoms with E-state index in [1.165, 1.54) is 0 Å². The van der Waals surface area contributed by atoms with Crippen molar-refractivity contribution in [1.29, 1.82) is 0 Å². The SMILES string of the molecule is COCCC(C)N(C)C(C)(C)CBr. The zero-order valence-corrected chi connectivity index (χ0v) is 11.0. The monoisotopic (exact) mass is 251 g/mol. The van der Waals surface area contributed by atoms with Gasteiger partial charge in [0.05, 0.1) is 0 Å². The van der Waals surface area contributed by atoms with Crippen LogP contribution in [0.25, 0.3) is 0 Å². The van der Waals surface area contributed by atoms with Gasteiger partial charge in [-0.2, -0.15) is 0 Å². The van der Waals surface area contributed by atoms with Crippen molar-refractivity contribution in [2.75, 3.05) is 26.1 Å². The smallest absolute Gasteiger partial charge is 0.0477 e. The second-order valence-electron chi connectivity index (χ2n) is 4.19. The van der Waals surface area contributed by atoms with Gasteiger partial charge in [0.1, 0.15) is 0 Å². The summed E-state index contributed by atoms with van der Waals surface area (Å²) in [6, 6.07) is 0.562. The maximum Gasteiger partial charge on any atom is 0.0477 e. The second kappa shape index (κ2) is 5.99. The fourth-order valence-electron chi connectivity index (χ4n) is 1.17. The highest BCUT2D eigenvalue weighted by molar-refractivity contribution is 9.09.